The van der Waals surface area contributed by atoms with Gasteiger partial charge in [-0.1, -0.05) is 12.1 Å². The molecule has 0 radical (unpaired) electrons. The van der Waals surface area contributed by atoms with Gasteiger partial charge in [0.1, 0.15) is 11.5 Å². The first-order chi connectivity index (χ1) is 10.3. The van der Waals surface area contributed by atoms with Gasteiger partial charge in [-0.3, -0.25) is 4.98 Å². The summed E-state index contributed by atoms with van der Waals surface area (Å²) in [5.74, 6) is 1.85. The standard InChI is InChI=1S/C17H20N2O2/c1-18-11-15-3-4-16(12-19-15)20-8-6-13-2-5-17-14(10-13)7-9-21-17/h2-5,10,12,18H,6-9,11H2,1H3. The Morgan fingerprint density at radius 3 is 3.05 bits per heavy atom. The summed E-state index contributed by atoms with van der Waals surface area (Å²) in [6.45, 7) is 2.24. The minimum atomic E-state index is 0.659. The lowest BCUT2D eigenvalue weighted by molar-refractivity contribution is 0.320. The molecule has 0 amide bonds. The van der Waals surface area contributed by atoms with Gasteiger partial charge in [0.05, 0.1) is 25.1 Å². The Morgan fingerprint density at radius 1 is 1.29 bits per heavy atom. The van der Waals surface area contributed by atoms with Gasteiger partial charge in [0.25, 0.3) is 0 Å². The minimum absolute atomic E-state index is 0.659. The molecule has 0 unspecified atom stereocenters. The first kappa shape index (κ1) is 13.9. The van der Waals surface area contributed by atoms with Crippen molar-refractivity contribution in [3.63, 3.8) is 0 Å². The van der Waals surface area contributed by atoms with Crippen LogP contribution in [-0.4, -0.2) is 25.2 Å². The molecule has 2 aromatic rings. The third-order valence-corrected chi connectivity index (χ3v) is 3.57. The predicted molar refractivity (Wildman–Crippen MR) is 81.8 cm³/mol. The van der Waals surface area contributed by atoms with E-state index in [1.165, 1.54) is 11.1 Å². The maximum atomic E-state index is 5.75. The van der Waals surface area contributed by atoms with Crippen LogP contribution in [0.15, 0.2) is 36.5 Å². The number of hydrogen-bond acceptors (Lipinski definition) is 4. The van der Waals surface area contributed by atoms with E-state index in [1.54, 1.807) is 6.20 Å². The van der Waals surface area contributed by atoms with E-state index in [0.717, 1.165) is 43.2 Å². The summed E-state index contributed by atoms with van der Waals surface area (Å²) in [6, 6.07) is 10.3. The van der Waals surface area contributed by atoms with E-state index < -0.39 is 0 Å². The zero-order valence-corrected chi connectivity index (χ0v) is 12.3. The second kappa shape index (κ2) is 6.59. The van der Waals surface area contributed by atoms with Crippen molar-refractivity contribution in [3.05, 3.63) is 53.3 Å². The Morgan fingerprint density at radius 2 is 2.24 bits per heavy atom. The monoisotopic (exact) mass is 284 g/mol. The molecule has 0 bridgehead atoms. The summed E-state index contributed by atoms with van der Waals surface area (Å²) in [5, 5.41) is 3.08. The van der Waals surface area contributed by atoms with Gasteiger partial charge >= 0.3 is 0 Å². The number of aromatic nitrogens is 1. The van der Waals surface area contributed by atoms with Crippen molar-refractivity contribution in [3.8, 4) is 11.5 Å². The lowest BCUT2D eigenvalue weighted by Gasteiger charge is -2.08. The largest absolute Gasteiger partial charge is 0.493 e. The van der Waals surface area contributed by atoms with Crippen LogP contribution in [0.3, 0.4) is 0 Å². The van der Waals surface area contributed by atoms with Gasteiger partial charge in [-0.05, 0) is 36.4 Å². The molecule has 0 saturated carbocycles. The van der Waals surface area contributed by atoms with Crippen LogP contribution in [0.4, 0.5) is 0 Å². The molecule has 0 fully saturated rings. The summed E-state index contributed by atoms with van der Waals surface area (Å²) in [6.07, 6.45) is 3.69. The number of rotatable bonds is 6. The van der Waals surface area contributed by atoms with E-state index in [1.807, 2.05) is 19.2 Å². The lowest BCUT2D eigenvalue weighted by Crippen LogP contribution is -2.07. The minimum Gasteiger partial charge on any atom is -0.493 e. The molecule has 0 aliphatic carbocycles. The first-order valence-electron chi connectivity index (χ1n) is 7.32. The fourth-order valence-electron chi connectivity index (χ4n) is 2.46. The number of nitrogens with zero attached hydrogens (tertiary/aromatic N) is 1. The highest BCUT2D eigenvalue weighted by Crippen LogP contribution is 2.26. The number of benzene rings is 1. The number of nitrogens with one attached hydrogen (secondary N) is 1. The Labute approximate surface area is 125 Å². The van der Waals surface area contributed by atoms with Crippen LogP contribution in [0.25, 0.3) is 0 Å². The molecule has 4 heteroatoms. The maximum Gasteiger partial charge on any atom is 0.137 e. The van der Waals surface area contributed by atoms with Crippen LogP contribution < -0.4 is 14.8 Å². The SMILES string of the molecule is CNCc1ccc(OCCc2ccc3c(c2)CCO3)cn1. The molecule has 0 spiro atoms. The van der Waals surface area contributed by atoms with Crippen LogP contribution in [-0.2, 0) is 19.4 Å². The van der Waals surface area contributed by atoms with E-state index in [-0.39, 0.29) is 0 Å². The van der Waals surface area contributed by atoms with E-state index in [0.29, 0.717) is 6.61 Å². The summed E-state index contributed by atoms with van der Waals surface area (Å²) in [5.41, 5.74) is 3.62. The second-order valence-corrected chi connectivity index (χ2v) is 5.15. The van der Waals surface area contributed by atoms with Crippen LogP contribution in [0, 0.1) is 0 Å². The van der Waals surface area contributed by atoms with Crippen molar-refractivity contribution in [1.29, 1.82) is 0 Å². The third kappa shape index (κ3) is 3.52. The highest BCUT2D eigenvalue weighted by atomic mass is 16.5. The molecular weight excluding hydrogens is 264 g/mol. The van der Waals surface area contributed by atoms with Crippen molar-refractivity contribution in [1.82, 2.24) is 10.3 Å². The van der Waals surface area contributed by atoms with Gasteiger partial charge < -0.3 is 14.8 Å². The Bertz CT molecular complexity index is 596. The van der Waals surface area contributed by atoms with Gasteiger partial charge in [-0.25, -0.2) is 0 Å². The molecule has 2 heterocycles. The fourth-order valence-corrected chi connectivity index (χ4v) is 2.46. The molecule has 0 atom stereocenters. The van der Waals surface area contributed by atoms with Crippen molar-refractivity contribution < 1.29 is 9.47 Å². The van der Waals surface area contributed by atoms with E-state index in [2.05, 4.69) is 28.5 Å². The summed E-state index contributed by atoms with van der Waals surface area (Å²) < 4.78 is 11.3. The predicted octanol–water partition coefficient (Wildman–Crippen LogP) is 2.36. The molecule has 3 rings (SSSR count). The number of pyridine rings is 1. The van der Waals surface area contributed by atoms with Crippen LogP contribution >= 0.6 is 0 Å². The molecule has 110 valence electrons. The fraction of sp³-hybridized carbons (Fsp3) is 0.353. The third-order valence-electron chi connectivity index (χ3n) is 3.57. The van der Waals surface area contributed by atoms with Gasteiger partial charge in [-0.15, -0.1) is 0 Å². The summed E-state index contributed by atoms with van der Waals surface area (Å²) in [4.78, 5) is 4.34. The zero-order chi connectivity index (χ0) is 14.5. The van der Waals surface area contributed by atoms with E-state index >= 15 is 0 Å². The Balaban J connectivity index is 1.51. The molecule has 0 saturated heterocycles. The average Bonchev–Trinajstić information content (AvgIpc) is 2.97. The molecule has 1 N–H and O–H groups in total. The van der Waals surface area contributed by atoms with E-state index in [9.17, 15) is 0 Å². The van der Waals surface area contributed by atoms with E-state index in [4.69, 9.17) is 9.47 Å². The number of fused-ring (bicyclic) bond motifs is 1. The zero-order valence-electron chi connectivity index (χ0n) is 12.3. The summed E-state index contributed by atoms with van der Waals surface area (Å²) >= 11 is 0. The van der Waals surface area contributed by atoms with Crippen molar-refractivity contribution in [2.24, 2.45) is 0 Å². The van der Waals surface area contributed by atoms with Crippen LogP contribution in [0.2, 0.25) is 0 Å². The number of ether oxygens (including phenoxy) is 2. The van der Waals surface area contributed by atoms with Crippen molar-refractivity contribution >= 4 is 0 Å². The summed E-state index contributed by atoms with van der Waals surface area (Å²) in [7, 11) is 1.91. The second-order valence-electron chi connectivity index (χ2n) is 5.15. The topological polar surface area (TPSA) is 43.4 Å². The first-order valence-corrected chi connectivity index (χ1v) is 7.32. The van der Waals surface area contributed by atoms with Gasteiger partial charge in [-0.2, -0.15) is 0 Å². The molecule has 1 aliphatic rings. The molecule has 1 aliphatic heterocycles. The maximum absolute atomic E-state index is 5.75. The van der Waals surface area contributed by atoms with Crippen molar-refractivity contribution in [2.45, 2.75) is 19.4 Å². The Hall–Kier alpha value is -2.07. The van der Waals surface area contributed by atoms with Crippen LogP contribution in [0.5, 0.6) is 11.5 Å². The van der Waals surface area contributed by atoms with Gasteiger partial charge in [0.2, 0.25) is 0 Å². The average molecular weight is 284 g/mol. The quantitative estimate of drug-likeness (QED) is 0.884. The highest BCUT2D eigenvalue weighted by Gasteiger charge is 2.11. The number of hydrogen-bond donors (Lipinski definition) is 1. The normalized spacial score (nSPS) is 12.8. The molecule has 1 aromatic heterocycles. The lowest BCUT2D eigenvalue weighted by atomic mass is 10.1. The molecule has 4 nitrogen and oxygen atoms in total. The van der Waals surface area contributed by atoms with Crippen molar-refractivity contribution in [2.75, 3.05) is 20.3 Å². The smallest absolute Gasteiger partial charge is 0.137 e. The van der Waals surface area contributed by atoms with Gasteiger partial charge in [0.15, 0.2) is 0 Å². The molecule has 21 heavy (non-hydrogen) atoms. The van der Waals surface area contributed by atoms with Crippen LogP contribution in [0.1, 0.15) is 16.8 Å². The Kier molecular flexibility index (Phi) is 4.36. The highest BCUT2D eigenvalue weighted by molar-refractivity contribution is 5.39. The molecule has 1 aromatic carbocycles. The molecular formula is C17H20N2O2. The van der Waals surface area contributed by atoms with Gasteiger partial charge in [0, 0.05) is 19.4 Å².